The van der Waals surface area contributed by atoms with Crippen LogP contribution < -0.4 is 5.32 Å². The maximum atomic E-state index is 3.64. The van der Waals surface area contributed by atoms with Gasteiger partial charge in [0.1, 0.15) is 0 Å². The molecule has 0 saturated carbocycles. The standard InChI is InChI=1S/C19H40N2/c1-5-7-8-9-10-11-12-15-18(20-4)19(3,6-2)21-16-13-14-17-21/h18,20H,5-17H2,1-4H3. The second-order valence-corrected chi connectivity index (χ2v) is 7.16. The van der Waals surface area contributed by atoms with E-state index in [4.69, 9.17) is 0 Å². The first-order valence-corrected chi connectivity index (χ1v) is 9.61. The van der Waals surface area contributed by atoms with Crippen molar-refractivity contribution >= 4 is 0 Å². The molecule has 1 rings (SSSR count). The summed E-state index contributed by atoms with van der Waals surface area (Å²) in [6, 6.07) is 0.649. The van der Waals surface area contributed by atoms with Crippen LogP contribution in [0.25, 0.3) is 0 Å². The van der Waals surface area contributed by atoms with Crippen LogP contribution in [0.4, 0.5) is 0 Å². The van der Waals surface area contributed by atoms with Crippen molar-refractivity contribution in [3.8, 4) is 0 Å². The van der Waals surface area contributed by atoms with Gasteiger partial charge in [-0.05, 0) is 52.7 Å². The molecule has 0 radical (unpaired) electrons. The fourth-order valence-corrected chi connectivity index (χ4v) is 3.99. The zero-order valence-corrected chi connectivity index (χ0v) is 15.2. The van der Waals surface area contributed by atoms with Crippen LogP contribution in [-0.4, -0.2) is 36.6 Å². The van der Waals surface area contributed by atoms with E-state index >= 15 is 0 Å². The van der Waals surface area contributed by atoms with Crippen LogP contribution in [-0.2, 0) is 0 Å². The SMILES string of the molecule is CCCCCCCCCC(NC)C(C)(CC)N1CCCC1. The number of hydrogen-bond donors (Lipinski definition) is 1. The zero-order valence-electron chi connectivity index (χ0n) is 15.2. The smallest absolute Gasteiger partial charge is 0.0331 e. The number of nitrogens with zero attached hydrogens (tertiary/aromatic N) is 1. The summed E-state index contributed by atoms with van der Waals surface area (Å²) in [4.78, 5) is 2.75. The molecule has 0 amide bonds. The molecule has 2 heteroatoms. The number of hydrogen-bond acceptors (Lipinski definition) is 2. The lowest BCUT2D eigenvalue weighted by atomic mass is 9.84. The fourth-order valence-electron chi connectivity index (χ4n) is 3.99. The first kappa shape index (κ1) is 19.0. The second kappa shape index (κ2) is 10.6. The van der Waals surface area contributed by atoms with E-state index in [1.807, 2.05) is 0 Å². The van der Waals surface area contributed by atoms with Gasteiger partial charge >= 0.3 is 0 Å². The Bertz CT molecular complexity index is 248. The quantitative estimate of drug-likeness (QED) is 0.511. The third-order valence-corrected chi connectivity index (χ3v) is 5.74. The number of likely N-dealkylation sites (tertiary alicyclic amines) is 1. The molecule has 2 unspecified atom stereocenters. The Hall–Kier alpha value is -0.0800. The summed E-state index contributed by atoms with van der Waals surface area (Å²) in [6.07, 6.45) is 15.3. The van der Waals surface area contributed by atoms with Crippen molar-refractivity contribution in [1.82, 2.24) is 10.2 Å². The van der Waals surface area contributed by atoms with Gasteiger partial charge in [-0.3, -0.25) is 4.90 Å². The molecule has 1 aliphatic heterocycles. The van der Waals surface area contributed by atoms with Crippen molar-refractivity contribution in [2.75, 3.05) is 20.1 Å². The van der Waals surface area contributed by atoms with E-state index in [-0.39, 0.29) is 0 Å². The van der Waals surface area contributed by atoms with Crippen LogP contribution in [0.5, 0.6) is 0 Å². The molecular weight excluding hydrogens is 256 g/mol. The third-order valence-electron chi connectivity index (χ3n) is 5.74. The monoisotopic (exact) mass is 296 g/mol. The molecule has 0 aromatic rings. The minimum absolute atomic E-state index is 0.355. The Morgan fingerprint density at radius 1 is 0.952 bits per heavy atom. The molecule has 1 aliphatic rings. The van der Waals surface area contributed by atoms with E-state index < -0.39 is 0 Å². The number of unbranched alkanes of at least 4 members (excludes halogenated alkanes) is 6. The van der Waals surface area contributed by atoms with Crippen molar-refractivity contribution < 1.29 is 0 Å². The highest BCUT2D eigenvalue weighted by Gasteiger charge is 2.38. The predicted molar refractivity (Wildman–Crippen MR) is 95.0 cm³/mol. The summed E-state index contributed by atoms with van der Waals surface area (Å²) in [5.41, 5.74) is 0.355. The molecule has 1 N–H and O–H groups in total. The average Bonchev–Trinajstić information content (AvgIpc) is 3.04. The van der Waals surface area contributed by atoms with Gasteiger partial charge in [0.25, 0.3) is 0 Å². The lowest BCUT2D eigenvalue weighted by molar-refractivity contribution is 0.0824. The van der Waals surface area contributed by atoms with E-state index in [0.717, 1.165) is 0 Å². The summed E-state index contributed by atoms with van der Waals surface area (Å²) in [6.45, 7) is 9.76. The van der Waals surface area contributed by atoms with Crippen molar-refractivity contribution in [3.05, 3.63) is 0 Å². The minimum Gasteiger partial charge on any atom is -0.315 e. The second-order valence-electron chi connectivity index (χ2n) is 7.16. The first-order valence-electron chi connectivity index (χ1n) is 9.61. The zero-order chi connectivity index (χ0) is 15.6. The van der Waals surface area contributed by atoms with Crippen LogP contribution in [0.15, 0.2) is 0 Å². The lowest BCUT2D eigenvalue weighted by Crippen LogP contribution is -2.57. The van der Waals surface area contributed by atoms with Gasteiger partial charge in [-0.15, -0.1) is 0 Å². The molecule has 2 nitrogen and oxygen atoms in total. The number of likely N-dealkylation sites (N-methyl/N-ethyl adjacent to an activating group) is 1. The van der Waals surface area contributed by atoms with Crippen molar-refractivity contribution in [3.63, 3.8) is 0 Å². The molecular formula is C19H40N2. The highest BCUT2D eigenvalue weighted by molar-refractivity contribution is 4.97. The van der Waals surface area contributed by atoms with Gasteiger partial charge in [0.2, 0.25) is 0 Å². The predicted octanol–water partition coefficient (Wildman–Crippen LogP) is 4.98. The van der Waals surface area contributed by atoms with E-state index in [2.05, 4.69) is 38.0 Å². The largest absolute Gasteiger partial charge is 0.315 e. The molecule has 0 bridgehead atoms. The van der Waals surface area contributed by atoms with Crippen molar-refractivity contribution in [2.45, 2.75) is 103 Å². The molecule has 0 aromatic heterocycles. The van der Waals surface area contributed by atoms with Crippen LogP contribution >= 0.6 is 0 Å². The van der Waals surface area contributed by atoms with Gasteiger partial charge in [0, 0.05) is 11.6 Å². The van der Waals surface area contributed by atoms with Crippen LogP contribution in [0.2, 0.25) is 0 Å². The van der Waals surface area contributed by atoms with Gasteiger partial charge in [-0.25, -0.2) is 0 Å². The molecule has 1 fully saturated rings. The highest BCUT2D eigenvalue weighted by Crippen LogP contribution is 2.30. The lowest BCUT2D eigenvalue weighted by Gasteiger charge is -2.44. The summed E-state index contributed by atoms with van der Waals surface area (Å²) in [7, 11) is 2.16. The Labute approximate surface area is 134 Å². The minimum atomic E-state index is 0.355. The van der Waals surface area contributed by atoms with Gasteiger partial charge in [-0.1, -0.05) is 58.8 Å². The van der Waals surface area contributed by atoms with Crippen LogP contribution in [0.3, 0.4) is 0 Å². The molecule has 2 atom stereocenters. The van der Waals surface area contributed by atoms with Crippen molar-refractivity contribution in [2.24, 2.45) is 0 Å². The first-order chi connectivity index (χ1) is 10.2. The van der Waals surface area contributed by atoms with Crippen molar-refractivity contribution in [1.29, 1.82) is 0 Å². The maximum Gasteiger partial charge on any atom is 0.0331 e. The fraction of sp³-hybridized carbons (Fsp3) is 1.00. The Balaban J connectivity index is 2.31. The van der Waals surface area contributed by atoms with Gasteiger partial charge in [0.05, 0.1) is 0 Å². The third kappa shape index (κ3) is 5.90. The maximum absolute atomic E-state index is 3.64. The highest BCUT2D eigenvalue weighted by atomic mass is 15.2. The summed E-state index contributed by atoms with van der Waals surface area (Å²) in [5, 5.41) is 3.64. The van der Waals surface area contributed by atoms with Crippen LogP contribution in [0, 0.1) is 0 Å². The molecule has 1 heterocycles. The number of rotatable bonds is 12. The molecule has 0 aliphatic carbocycles. The molecule has 21 heavy (non-hydrogen) atoms. The Kier molecular flexibility index (Phi) is 9.59. The number of nitrogens with one attached hydrogen (secondary N) is 1. The van der Waals surface area contributed by atoms with E-state index in [1.54, 1.807) is 0 Å². The summed E-state index contributed by atoms with van der Waals surface area (Å²) < 4.78 is 0. The van der Waals surface area contributed by atoms with Crippen LogP contribution in [0.1, 0.15) is 91.4 Å². The average molecular weight is 297 g/mol. The van der Waals surface area contributed by atoms with E-state index in [1.165, 1.54) is 83.7 Å². The Morgan fingerprint density at radius 2 is 1.52 bits per heavy atom. The Morgan fingerprint density at radius 3 is 2.05 bits per heavy atom. The van der Waals surface area contributed by atoms with Gasteiger partial charge < -0.3 is 5.32 Å². The molecule has 1 saturated heterocycles. The summed E-state index contributed by atoms with van der Waals surface area (Å²) >= 11 is 0. The molecule has 0 spiro atoms. The topological polar surface area (TPSA) is 15.3 Å². The normalized spacial score (nSPS) is 20.6. The summed E-state index contributed by atoms with van der Waals surface area (Å²) in [5.74, 6) is 0. The molecule has 0 aromatic carbocycles. The molecule has 126 valence electrons. The van der Waals surface area contributed by atoms with Gasteiger partial charge in [-0.2, -0.15) is 0 Å². The van der Waals surface area contributed by atoms with E-state index in [0.29, 0.717) is 11.6 Å². The van der Waals surface area contributed by atoms with Gasteiger partial charge in [0.15, 0.2) is 0 Å². The van der Waals surface area contributed by atoms with E-state index in [9.17, 15) is 0 Å².